The topological polar surface area (TPSA) is 9.23 Å². The van der Waals surface area contributed by atoms with Gasteiger partial charge in [0.2, 0.25) is 0 Å². The Morgan fingerprint density at radius 1 is 1.04 bits per heavy atom. The number of hydrogen-bond acceptors (Lipinski definition) is 1. The molecule has 2 rings (SSSR count). The van der Waals surface area contributed by atoms with E-state index in [1.807, 2.05) is 7.11 Å². The van der Waals surface area contributed by atoms with Crippen molar-refractivity contribution >= 4 is 34.3 Å². The van der Waals surface area contributed by atoms with Crippen molar-refractivity contribution < 1.29 is 21.6 Å². The van der Waals surface area contributed by atoms with Crippen LogP contribution in [-0.2, 0) is 21.6 Å². The summed E-state index contributed by atoms with van der Waals surface area (Å²) in [6.07, 6.45) is 2.38. The quantitative estimate of drug-likeness (QED) is 0.580. The molecule has 1 aromatic carbocycles. The second-order valence-corrected chi connectivity index (χ2v) is 11.9. The molecule has 4 heteroatoms. The molecule has 1 aromatic rings. The minimum atomic E-state index is -1.80. The van der Waals surface area contributed by atoms with Crippen molar-refractivity contribution in [2.75, 3.05) is 7.11 Å². The largest absolute Gasteiger partial charge is 0.147 e. The Balaban J connectivity index is 0.00000242. The number of rotatable bonds is 3. The van der Waals surface area contributed by atoms with E-state index in [2.05, 4.69) is 71.9 Å². The molecular formula is C19H29Cl2OTi. The van der Waals surface area contributed by atoms with E-state index in [1.165, 1.54) is 26.2 Å². The average Bonchev–Trinajstić information content (AvgIpc) is 2.63. The maximum Gasteiger partial charge on any atom is -0.147 e. The first-order chi connectivity index (χ1) is 9.77. The first-order valence-corrected chi connectivity index (χ1v) is 9.88. The second kappa shape index (κ2) is 8.88. The van der Waals surface area contributed by atoms with E-state index in [0.29, 0.717) is 5.92 Å². The molecule has 0 spiro atoms. The first-order valence-electron chi connectivity index (χ1n) is 7.68. The van der Waals surface area contributed by atoms with Crippen LogP contribution in [-0.4, -0.2) is 7.11 Å². The Bertz CT molecular complexity index is 600. The van der Waals surface area contributed by atoms with Gasteiger partial charge in [-0.25, -0.2) is 0 Å². The van der Waals surface area contributed by atoms with Crippen molar-refractivity contribution in [2.45, 2.75) is 45.3 Å². The minimum absolute atomic E-state index is 0. The van der Waals surface area contributed by atoms with Crippen LogP contribution in [0, 0.1) is 5.92 Å². The van der Waals surface area contributed by atoms with Gasteiger partial charge in [0, 0.05) is 0 Å². The van der Waals surface area contributed by atoms with Crippen molar-refractivity contribution in [3.05, 3.63) is 47.1 Å². The summed E-state index contributed by atoms with van der Waals surface area (Å²) in [4.78, 5) is 0. The van der Waals surface area contributed by atoms with E-state index in [4.69, 9.17) is 3.32 Å². The summed E-state index contributed by atoms with van der Waals surface area (Å²) in [5.74, 6) is 0.502. The summed E-state index contributed by atoms with van der Waals surface area (Å²) >= 11 is -1.80. The average molecular weight is 392 g/mol. The molecule has 1 unspecified atom stereocenters. The number of hydrogen-bond donors (Lipinski definition) is 0. The zero-order valence-corrected chi connectivity index (χ0v) is 18.4. The van der Waals surface area contributed by atoms with Gasteiger partial charge < -0.3 is 0 Å². The molecule has 1 aliphatic rings. The maximum atomic E-state index is 6.03. The minimum Gasteiger partial charge on any atom is -0.147 e. The predicted molar refractivity (Wildman–Crippen MR) is 103 cm³/mol. The molecule has 129 valence electrons. The van der Waals surface area contributed by atoms with Crippen LogP contribution in [0.3, 0.4) is 0 Å². The van der Waals surface area contributed by atoms with Crippen molar-refractivity contribution in [3.63, 3.8) is 0 Å². The number of benzene rings is 1. The molecule has 0 amide bonds. The standard InChI is InChI=1S/C14H15.C4H9.CH3O.2ClH.Ti/c1-10-9-11(2)14(12(10)3)13-7-5-4-6-8-13;1-4(2)3;1-2;;;/h4-7,9,11H,1-3H3;1-3H3;1H3;2*1H;/q;;-1;;;+1. The van der Waals surface area contributed by atoms with Crippen LogP contribution in [0.1, 0.15) is 47.1 Å². The molecule has 0 aliphatic heterocycles. The summed E-state index contributed by atoms with van der Waals surface area (Å²) in [5, 5.41) is 0. The number of allylic oxidation sites excluding steroid dienone is 4. The molecule has 1 atom stereocenters. The molecule has 0 saturated heterocycles. The summed E-state index contributed by atoms with van der Waals surface area (Å²) in [7, 11) is 1.89. The molecule has 23 heavy (non-hydrogen) atoms. The third kappa shape index (κ3) is 4.74. The van der Waals surface area contributed by atoms with Crippen LogP contribution >= 0.6 is 24.8 Å². The molecular weight excluding hydrogens is 363 g/mol. The summed E-state index contributed by atoms with van der Waals surface area (Å²) < 4.78 is 7.73. The smallest absolute Gasteiger partial charge is 0.147 e. The van der Waals surface area contributed by atoms with Gasteiger partial charge in [-0.15, -0.1) is 24.8 Å². The molecule has 1 aliphatic carbocycles. The zero-order chi connectivity index (χ0) is 15.8. The van der Waals surface area contributed by atoms with Gasteiger partial charge in [-0.05, 0) is 0 Å². The summed E-state index contributed by atoms with van der Waals surface area (Å²) in [6, 6.07) is 8.90. The Hall–Kier alpha value is -0.0457. The van der Waals surface area contributed by atoms with Crippen molar-refractivity contribution in [3.8, 4) is 0 Å². The first kappa shape index (κ1) is 23.0. The van der Waals surface area contributed by atoms with Crippen molar-refractivity contribution in [2.24, 2.45) is 5.92 Å². The van der Waals surface area contributed by atoms with Gasteiger partial charge in [-0.1, -0.05) is 0 Å². The van der Waals surface area contributed by atoms with Crippen LogP contribution < -0.4 is 3.87 Å². The van der Waals surface area contributed by atoms with Crippen LogP contribution in [0.4, 0.5) is 0 Å². The summed E-state index contributed by atoms with van der Waals surface area (Å²) in [6.45, 7) is 13.7. The third-order valence-electron chi connectivity index (χ3n) is 4.30. The Labute approximate surface area is 160 Å². The molecule has 0 bridgehead atoms. The number of halogens is 2. The Morgan fingerprint density at radius 2 is 1.61 bits per heavy atom. The summed E-state index contributed by atoms with van der Waals surface area (Å²) in [5.41, 5.74) is 5.77. The van der Waals surface area contributed by atoms with E-state index in [-0.39, 0.29) is 28.5 Å². The fourth-order valence-corrected chi connectivity index (χ4v) is 6.99. The van der Waals surface area contributed by atoms with Gasteiger partial charge >= 0.3 is 136 Å². The monoisotopic (exact) mass is 391 g/mol. The van der Waals surface area contributed by atoms with Gasteiger partial charge in [0.25, 0.3) is 0 Å². The Morgan fingerprint density at radius 3 is 2.04 bits per heavy atom. The van der Waals surface area contributed by atoms with Crippen LogP contribution in [0.5, 0.6) is 0 Å². The van der Waals surface area contributed by atoms with Gasteiger partial charge in [0.15, 0.2) is 0 Å². The third-order valence-corrected chi connectivity index (χ3v) is 8.51. The predicted octanol–water partition coefficient (Wildman–Crippen LogP) is 5.92. The SMILES string of the molecule is C[O][Ti]([c]1ccccc1C1=C(C)C(C)=CC1C)[C](C)(C)C.Cl.Cl. The fourth-order valence-electron chi connectivity index (χ4n) is 3.32. The molecule has 1 nitrogen and oxygen atoms in total. The maximum absolute atomic E-state index is 6.03. The van der Waals surface area contributed by atoms with E-state index in [0.717, 1.165) is 0 Å². The fraction of sp³-hybridized carbons (Fsp3) is 0.474. The molecule has 0 fully saturated rings. The van der Waals surface area contributed by atoms with Crippen LogP contribution in [0.2, 0.25) is 3.72 Å². The van der Waals surface area contributed by atoms with Gasteiger partial charge in [0.1, 0.15) is 0 Å². The van der Waals surface area contributed by atoms with Gasteiger partial charge in [-0.3, -0.25) is 0 Å². The Kier molecular flexibility index (Phi) is 8.86. The molecule has 0 N–H and O–H groups in total. The molecule has 0 saturated carbocycles. The normalized spacial score (nSPS) is 17.3. The second-order valence-electron chi connectivity index (χ2n) is 7.01. The van der Waals surface area contributed by atoms with E-state index >= 15 is 0 Å². The van der Waals surface area contributed by atoms with Crippen LogP contribution in [0.25, 0.3) is 5.57 Å². The van der Waals surface area contributed by atoms with E-state index < -0.39 is 18.3 Å². The molecule has 0 heterocycles. The van der Waals surface area contributed by atoms with Crippen molar-refractivity contribution in [1.82, 2.24) is 0 Å². The van der Waals surface area contributed by atoms with Gasteiger partial charge in [-0.2, -0.15) is 0 Å². The van der Waals surface area contributed by atoms with Crippen LogP contribution in [0.15, 0.2) is 41.5 Å². The zero-order valence-electron chi connectivity index (χ0n) is 15.2. The molecule has 0 radical (unpaired) electrons. The molecule has 0 aromatic heterocycles. The van der Waals surface area contributed by atoms with Crippen molar-refractivity contribution in [1.29, 1.82) is 0 Å². The van der Waals surface area contributed by atoms with E-state index in [9.17, 15) is 0 Å². The van der Waals surface area contributed by atoms with E-state index in [1.54, 1.807) is 0 Å². The van der Waals surface area contributed by atoms with Gasteiger partial charge in [0.05, 0.1) is 0 Å².